The minimum Gasteiger partial charge on any atom is -0.493 e. The van der Waals surface area contributed by atoms with Crippen molar-refractivity contribution < 1.29 is 28.7 Å². The molecule has 2 aromatic rings. The second-order valence-electron chi connectivity index (χ2n) is 5.52. The van der Waals surface area contributed by atoms with Crippen LogP contribution in [0, 0.1) is 0 Å². The molecule has 3 amide bonds. The third kappa shape index (κ3) is 6.24. The summed E-state index contributed by atoms with van der Waals surface area (Å²) >= 11 is 0. The fourth-order valence-electron chi connectivity index (χ4n) is 2.20. The van der Waals surface area contributed by atoms with E-state index < -0.39 is 36.8 Å². The number of hydrogen-bond acceptors (Lipinski definition) is 6. The van der Waals surface area contributed by atoms with Gasteiger partial charge in [-0.15, -0.1) is 0 Å². The summed E-state index contributed by atoms with van der Waals surface area (Å²) in [5.41, 5.74) is 0.589. The molecule has 0 aliphatic carbocycles. The van der Waals surface area contributed by atoms with Crippen molar-refractivity contribution in [3.63, 3.8) is 0 Å². The van der Waals surface area contributed by atoms with Gasteiger partial charge in [-0.1, -0.05) is 30.3 Å². The molecule has 0 heterocycles. The zero-order valence-corrected chi connectivity index (χ0v) is 15.3. The highest BCUT2D eigenvalue weighted by atomic mass is 16.5. The Morgan fingerprint density at radius 1 is 0.893 bits per heavy atom. The molecule has 0 radical (unpaired) electrons. The van der Waals surface area contributed by atoms with Crippen LogP contribution in [0.1, 0.15) is 27.6 Å². The molecule has 0 spiro atoms. The lowest BCUT2D eigenvalue weighted by molar-refractivity contribution is -0.147. The maximum absolute atomic E-state index is 12.2. The van der Waals surface area contributed by atoms with Crippen LogP contribution in [0.2, 0.25) is 0 Å². The lowest BCUT2D eigenvalue weighted by atomic mass is 10.2. The standard InChI is InChI=1S/C20H20N2O6/c1-2-27-16-11-7-6-10-15(16)20(26)21-12-18(24)28-13-17(23)22-19(25)14-8-4-3-5-9-14/h3-11H,2,12-13H2,1H3,(H,21,26)(H,22,23,25). The third-order valence-electron chi connectivity index (χ3n) is 3.48. The van der Waals surface area contributed by atoms with E-state index in [0.29, 0.717) is 17.9 Å². The normalized spacial score (nSPS) is 9.89. The van der Waals surface area contributed by atoms with Crippen molar-refractivity contribution in [2.24, 2.45) is 0 Å². The minimum atomic E-state index is -0.815. The predicted octanol–water partition coefficient (Wildman–Crippen LogP) is 1.31. The SMILES string of the molecule is CCOc1ccccc1C(=O)NCC(=O)OCC(=O)NC(=O)c1ccccc1. The molecule has 0 fully saturated rings. The molecule has 0 unspecified atom stereocenters. The molecule has 0 aliphatic rings. The summed E-state index contributed by atoms with van der Waals surface area (Å²) in [6.07, 6.45) is 0. The van der Waals surface area contributed by atoms with Crippen LogP contribution in [0.25, 0.3) is 0 Å². The van der Waals surface area contributed by atoms with E-state index in [1.54, 1.807) is 61.5 Å². The average molecular weight is 384 g/mol. The van der Waals surface area contributed by atoms with Gasteiger partial charge in [-0.05, 0) is 31.2 Å². The number of amides is 3. The van der Waals surface area contributed by atoms with Crippen LogP contribution in [0.3, 0.4) is 0 Å². The fourth-order valence-corrected chi connectivity index (χ4v) is 2.20. The van der Waals surface area contributed by atoms with Crippen LogP contribution in [-0.4, -0.2) is 43.4 Å². The first kappa shape index (κ1) is 20.6. The summed E-state index contributed by atoms with van der Waals surface area (Å²) in [5, 5.41) is 4.50. The molecular formula is C20H20N2O6. The van der Waals surface area contributed by atoms with Gasteiger partial charge in [0.15, 0.2) is 6.61 Å². The molecule has 2 aromatic carbocycles. The van der Waals surface area contributed by atoms with Crippen LogP contribution in [0.5, 0.6) is 5.75 Å². The summed E-state index contributed by atoms with van der Waals surface area (Å²) in [5.74, 6) is -2.29. The summed E-state index contributed by atoms with van der Waals surface area (Å²) in [7, 11) is 0. The number of rotatable bonds is 8. The number of benzene rings is 2. The molecule has 0 aromatic heterocycles. The van der Waals surface area contributed by atoms with E-state index in [9.17, 15) is 19.2 Å². The number of nitrogens with one attached hydrogen (secondary N) is 2. The van der Waals surface area contributed by atoms with E-state index in [2.05, 4.69) is 10.6 Å². The molecule has 0 saturated carbocycles. The van der Waals surface area contributed by atoms with E-state index in [4.69, 9.17) is 9.47 Å². The van der Waals surface area contributed by atoms with Crippen molar-refractivity contribution >= 4 is 23.7 Å². The fraction of sp³-hybridized carbons (Fsp3) is 0.200. The van der Waals surface area contributed by atoms with Crippen molar-refractivity contribution in [2.45, 2.75) is 6.92 Å². The van der Waals surface area contributed by atoms with E-state index in [1.807, 2.05) is 0 Å². The predicted molar refractivity (Wildman–Crippen MR) is 99.8 cm³/mol. The molecule has 28 heavy (non-hydrogen) atoms. The first-order valence-corrected chi connectivity index (χ1v) is 8.56. The van der Waals surface area contributed by atoms with Gasteiger partial charge in [0.25, 0.3) is 17.7 Å². The van der Waals surface area contributed by atoms with Gasteiger partial charge in [-0.25, -0.2) is 0 Å². The largest absolute Gasteiger partial charge is 0.493 e. The van der Waals surface area contributed by atoms with Gasteiger partial charge in [-0.2, -0.15) is 0 Å². The molecule has 0 saturated heterocycles. The monoisotopic (exact) mass is 384 g/mol. The van der Waals surface area contributed by atoms with Crippen LogP contribution in [-0.2, 0) is 14.3 Å². The topological polar surface area (TPSA) is 111 Å². The van der Waals surface area contributed by atoms with E-state index in [-0.39, 0.29) is 5.56 Å². The molecule has 8 heteroatoms. The zero-order valence-electron chi connectivity index (χ0n) is 15.3. The van der Waals surface area contributed by atoms with Crippen molar-refractivity contribution in [2.75, 3.05) is 19.8 Å². The molecule has 0 atom stereocenters. The molecule has 0 bridgehead atoms. The van der Waals surface area contributed by atoms with Gasteiger partial charge in [0.1, 0.15) is 12.3 Å². The summed E-state index contributed by atoms with van der Waals surface area (Å²) in [6, 6.07) is 14.8. The summed E-state index contributed by atoms with van der Waals surface area (Å²) in [4.78, 5) is 47.4. The Balaban J connectivity index is 1.76. The Morgan fingerprint density at radius 3 is 2.29 bits per heavy atom. The second kappa shape index (κ2) is 10.5. The summed E-state index contributed by atoms with van der Waals surface area (Å²) in [6.45, 7) is 1.12. The van der Waals surface area contributed by atoms with Gasteiger partial charge in [0, 0.05) is 5.56 Å². The first-order chi connectivity index (χ1) is 13.5. The van der Waals surface area contributed by atoms with Crippen LogP contribution < -0.4 is 15.4 Å². The van der Waals surface area contributed by atoms with Gasteiger partial charge in [0.2, 0.25) is 0 Å². The highest BCUT2D eigenvalue weighted by molar-refractivity contribution is 6.05. The van der Waals surface area contributed by atoms with E-state index in [1.165, 1.54) is 0 Å². The Bertz CT molecular complexity index is 851. The second-order valence-corrected chi connectivity index (χ2v) is 5.52. The first-order valence-electron chi connectivity index (χ1n) is 8.56. The van der Waals surface area contributed by atoms with Crippen LogP contribution >= 0.6 is 0 Å². The van der Waals surface area contributed by atoms with E-state index in [0.717, 1.165) is 0 Å². The average Bonchev–Trinajstić information content (AvgIpc) is 2.71. The Hall–Kier alpha value is -3.68. The molecule has 2 rings (SSSR count). The van der Waals surface area contributed by atoms with E-state index >= 15 is 0 Å². The molecule has 2 N–H and O–H groups in total. The van der Waals surface area contributed by atoms with Gasteiger partial charge < -0.3 is 14.8 Å². The van der Waals surface area contributed by atoms with Gasteiger partial charge >= 0.3 is 5.97 Å². The lowest BCUT2D eigenvalue weighted by Gasteiger charge is -2.10. The number of esters is 1. The molecular weight excluding hydrogens is 364 g/mol. The number of ether oxygens (including phenoxy) is 2. The molecule has 8 nitrogen and oxygen atoms in total. The number of para-hydroxylation sites is 1. The van der Waals surface area contributed by atoms with Crippen LogP contribution in [0.15, 0.2) is 54.6 Å². The number of hydrogen-bond donors (Lipinski definition) is 2. The van der Waals surface area contributed by atoms with Gasteiger partial charge in [0.05, 0.1) is 12.2 Å². The van der Waals surface area contributed by atoms with Crippen molar-refractivity contribution in [1.82, 2.24) is 10.6 Å². The van der Waals surface area contributed by atoms with Crippen molar-refractivity contribution in [1.29, 1.82) is 0 Å². The molecule has 0 aliphatic heterocycles. The number of carbonyl (C=O) groups excluding carboxylic acids is 4. The van der Waals surface area contributed by atoms with Crippen molar-refractivity contribution in [3.05, 3.63) is 65.7 Å². The Morgan fingerprint density at radius 2 is 1.57 bits per heavy atom. The Labute approximate surface area is 161 Å². The molecule has 146 valence electrons. The highest BCUT2D eigenvalue weighted by Gasteiger charge is 2.15. The van der Waals surface area contributed by atoms with Crippen LogP contribution in [0.4, 0.5) is 0 Å². The maximum atomic E-state index is 12.2. The quantitative estimate of drug-likeness (QED) is 0.664. The number of imide groups is 1. The summed E-state index contributed by atoms with van der Waals surface area (Å²) < 4.78 is 10.1. The van der Waals surface area contributed by atoms with Crippen molar-refractivity contribution in [3.8, 4) is 5.75 Å². The maximum Gasteiger partial charge on any atom is 0.325 e. The number of carbonyl (C=O) groups is 4. The smallest absolute Gasteiger partial charge is 0.325 e. The zero-order chi connectivity index (χ0) is 20.4. The minimum absolute atomic E-state index is 0.281. The third-order valence-corrected chi connectivity index (χ3v) is 3.48. The Kier molecular flexibility index (Phi) is 7.71. The van der Waals surface area contributed by atoms with Gasteiger partial charge in [-0.3, -0.25) is 24.5 Å². The highest BCUT2D eigenvalue weighted by Crippen LogP contribution is 2.17. The lowest BCUT2D eigenvalue weighted by Crippen LogP contribution is -2.36.